The molecule has 0 aromatic heterocycles. The summed E-state index contributed by atoms with van der Waals surface area (Å²) in [5.74, 6) is 0. The third-order valence-electron chi connectivity index (χ3n) is 2.50. The molecule has 0 unspecified atom stereocenters. The van der Waals surface area contributed by atoms with Gasteiger partial charge in [-0.05, 0) is 5.56 Å². The van der Waals surface area contributed by atoms with Gasteiger partial charge in [0.2, 0.25) is 6.29 Å². The van der Waals surface area contributed by atoms with Gasteiger partial charge < -0.3 is 9.47 Å². The Balaban J connectivity index is 2.06. The van der Waals surface area contributed by atoms with Gasteiger partial charge in [-0.1, -0.05) is 24.3 Å². The molecule has 0 saturated heterocycles. The lowest BCUT2D eigenvalue weighted by atomic mass is 10.0. The molecule has 7 heteroatoms. The number of rotatable bonds is 3. The normalized spacial score (nSPS) is 23.8. The average molecular weight is 264 g/mol. The van der Waals surface area contributed by atoms with Gasteiger partial charge in [0.25, 0.3) is 0 Å². The molecular formula is C11H11F3O4. The summed E-state index contributed by atoms with van der Waals surface area (Å²) in [7, 11) is 0. The van der Waals surface area contributed by atoms with Crippen LogP contribution in [-0.4, -0.2) is 24.3 Å². The first-order valence-corrected chi connectivity index (χ1v) is 5.21. The Kier molecular flexibility index (Phi) is 3.86. The van der Waals surface area contributed by atoms with Crippen LogP contribution in [0.15, 0.2) is 24.3 Å². The van der Waals surface area contributed by atoms with E-state index in [9.17, 15) is 13.2 Å². The van der Waals surface area contributed by atoms with Gasteiger partial charge in [0.1, 0.15) is 6.61 Å². The second-order valence-corrected chi connectivity index (χ2v) is 3.83. The Morgan fingerprint density at radius 2 is 2.06 bits per heavy atom. The van der Waals surface area contributed by atoms with Crippen molar-refractivity contribution in [2.75, 3.05) is 6.61 Å². The Bertz CT molecular complexity index is 408. The first kappa shape index (κ1) is 13.3. The molecule has 0 bridgehead atoms. The van der Waals surface area contributed by atoms with E-state index in [0.717, 1.165) is 5.56 Å². The van der Waals surface area contributed by atoms with E-state index in [0.29, 0.717) is 5.56 Å². The number of alkyl halides is 3. The highest BCUT2D eigenvalue weighted by Gasteiger charge is 2.33. The highest BCUT2D eigenvalue weighted by atomic mass is 19.4. The van der Waals surface area contributed by atoms with Gasteiger partial charge >= 0.3 is 6.18 Å². The molecule has 0 saturated carbocycles. The summed E-state index contributed by atoms with van der Waals surface area (Å²) in [6, 6.07) is 6.83. The summed E-state index contributed by atoms with van der Waals surface area (Å²) in [4.78, 5) is 4.10. The Labute approximate surface area is 101 Å². The van der Waals surface area contributed by atoms with E-state index in [1.165, 1.54) is 0 Å². The SMILES string of the molecule is OO[C@H]1O[C@@H](OCC(F)(F)F)Cc2ccccc21. The zero-order valence-electron chi connectivity index (χ0n) is 9.18. The van der Waals surface area contributed by atoms with Crippen molar-refractivity contribution in [2.24, 2.45) is 0 Å². The molecule has 0 fully saturated rings. The molecule has 2 rings (SSSR count). The minimum absolute atomic E-state index is 0.173. The quantitative estimate of drug-likeness (QED) is 0.673. The molecule has 1 aromatic carbocycles. The van der Waals surface area contributed by atoms with Crippen molar-refractivity contribution in [3.63, 3.8) is 0 Å². The molecule has 1 N–H and O–H groups in total. The molecule has 100 valence electrons. The summed E-state index contributed by atoms with van der Waals surface area (Å²) < 4.78 is 45.7. The fourth-order valence-electron chi connectivity index (χ4n) is 1.76. The third kappa shape index (κ3) is 3.20. The van der Waals surface area contributed by atoms with Gasteiger partial charge in [-0.3, -0.25) is 0 Å². The number of hydrogen-bond donors (Lipinski definition) is 1. The van der Waals surface area contributed by atoms with Crippen molar-refractivity contribution in [3.8, 4) is 0 Å². The van der Waals surface area contributed by atoms with Gasteiger partial charge in [0.05, 0.1) is 0 Å². The fourth-order valence-corrected chi connectivity index (χ4v) is 1.76. The molecule has 0 spiro atoms. The fraction of sp³-hybridized carbons (Fsp3) is 0.455. The van der Waals surface area contributed by atoms with Crippen LogP contribution in [0.5, 0.6) is 0 Å². The van der Waals surface area contributed by atoms with Crippen LogP contribution in [0.2, 0.25) is 0 Å². The van der Waals surface area contributed by atoms with Crippen LogP contribution in [0.3, 0.4) is 0 Å². The Morgan fingerprint density at radius 1 is 1.33 bits per heavy atom. The molecule has 1 heterocycles. The molecule has 1 aliphatic rings. The summed E-state index contributed by atoms with van der Waals surface area (Å²) in [6.07, 6.45) is -6.48. The molecule has 2 atom stereocenters. The minimum atomic E-state index is -4.42. The lowest BCUT2D eigenvalue weighted by Gasteiger charge is -2.30. The highest BCUT2D eigenvalue weighted by Crippen LogP contribution is 2.31. The van der Waals surface area contributed by atoms with Crippen LogP contribution in [0.25, 0.3) is 0 Å². The van der Waals surface area contributed by atoms with E-state index >= 15 is 0 Å². The number of fused-ring (bicyclic) bond motifs is 1. The minimum Gasteiger partial charge on any atom is -0.343 e. The second kappa shape index (κ2) is 5.23. The monoisotopic (exact) mass is 264 g/mol. The van der Waals surface area contributed by atoms with Crippen LogP contribution in [-0.2, 0) is 20.8 Å². The first-order chi connectivity index (χ1) is 8.49. The summed E-state index contributed by atoms with van der Waals surface area (Å²) >= 11 is 0. The van der Waals surface area contributed by atoms with Gasteiger partial charge in [0, 0.05) is 12.0 Å². The van der Waals surface area contributed by atoms with E-state index in [-0.39, 0.29) is 6.42 Å². The van der Waals surface area contributed by atoms with Crippen molar-refractivity contribution >= 4 is 0 Å². The van der Waals surface area contributed by atoms with Gasteiger partial charge in [-0.2, -0.15) is 13.2 Å². The van der Waals surface area contributed by atoms with Crippen molar-refractivity contribution < 1.29 is 32.8 Å². The van der Waals surface area contributed by atoms with Crippen LogP contribution in [0.1, 0.15) is 17.4 Å². The van der Waals surface area contributed by atoms with Gasteiger partial charge in [0.15, 0.2) is 6.29 Å². The predicted molar refractivity (Wildman–Crippen MR) is 53.5 cm³/mol. The molecule has 1 aromatic rings. The molecule has 18 heavy (non-hydrogen) atoms. The van der Waals surface area contributed by atoms with E-state index in [4.69, 9.17) is 9.99 Å². The lowest BCUT2D eigenvalue weighted by Crippen LogP contribution is -2.32. The van der Waals surface area contributed by atoms with Crippen LogP contribution in [0, 0.1) is 0 Å². The number of hydrogen-bond acceptors (Lipinski definition) is 4. The highest BCUT2D eigenvalue weighted by molar-refractivity contribution is 5.30. The predicted octanol–water partition coefficient (Wildman–Crippen LogP) is 2.65. The first-order valence-electron chi connectivity index (χ1n) is 5.21. The summed E-state index contributed by atoms with van der Waals surface area (Å²) in [5, 5.41) is 8.68. The van der Waals surface area contributed by atoms with E-state index in [1.54, 1.807) is 24.3 Å². The zero-order chi connectivity index (χ0) is 13.2. The van der Waals surface area contributed by atoms with Gasteiger partial charge in [-0.15, -0.1) is 0 Å². The molecule has 0 amide bonds. The van der Waals surface area contributed by atoms with Crippen LogP contribution < -0.4 is 0 Å². The molecule has 0 radical (unpaired) electrons. The largest absolute Gasteiger partial charge is 0.411 e. The number of benzene rings is 1. The summed E-state index contributed by atoms with van der Waals surface area (Å²) in [6.45, 7) is -1.40. The summed E-state index contributed by atoms with van der Waals surface area (Å²) in [5.41, 5.74) is 1.29. The molecular weight excluding hydrogens is 253 g/mol. The van der Waals surface area contributed by atoms with Crippen LogP contribution in [0.4, 0.5) is 13.2 Å². The smallest absolute Gasteiger partial charge is 0.343 e. The van der Waals surface area contributed by atoms with Crippen LogP contribution >= 0.6 is 0 Å². The van der Waals surface area contributed by atoms with Crippen molar-refractivity contribution in [2.45, 2.75) is 25.2 Å². The molecule has 1 aliphatic heterocycles. The van der Waals surface area contributed by atoms with Crippen molar-refractivity contribution in [1.82, 2.24) is 0 Å². The number of halogens is 3. The van der Waals surface area contributed by atoms with Gasteiger partial charge in [-0.25, -0.2) is 10.1 Å². The maximum Gasteiger partial charge on any atom is 0.411 e. The van der Waals surface area contributed by atoms with Crippen molar-refractivity contribution in [3.05, 3.63) is 35.4 Å². The molecule has 4 nitrogen and oxygen atoms in total. The van der Waals surface area contributed by atoms with Crippen molar-refractivity contribution in [1.29, 1.82) is 0 Å². The second-order valence-electron chi connectivity index (χ2n) is 3.83. The standard InChI is InChI=1S/C11H11F3O4/c12-11(13,14)6-16-9-5-7-3-1-2-4-8(7)10(17-9)18-15/h1-4,9-10,15H,5-6H2/t9-,10-/m1/s1. The topological polar surface area (TPSA) is 47.9 Å². The van der Waals surface area contributed by atoms with E-state index in [2.05, 4.69) is 9.62 Å². The molecule has 0 aliphatic carbocycles. The maximum absolute atomic E-state index is 12.0. The average Bonchev–Trinajstić information content (AvgIpc) is 2.34. The maximum atomic E-state index is 12.0. The van der Waals surface area contributed by atoms with E-state index < -0.39 is 25.4 Å². The Hall–Kier alpha value is -1.15. The Morgan fingerprint density at radius 3 is 2.72 bits per heavy atom. The zero-order valence-corrected chi connectivity index (χ0v) is 9.18. The lowest BCUT2D eigenvalue weighted by molar-refractivity contribution is -0.387. The number of ether oxygens (including phenoxy) is 2. The van der Waals surface area contributed by atoms with E-state index in [1.807, 2.05) is 0 Å². The third-order valence-corrected chi connectivity index (χ3v) is 2.50.